The first-order valence-electron chi connectivity index (χ1n) is 13.1. The van der Waals surface area contributed by atoms with Gasteiger partial charge in [-0.2, -0.15) is 0 Å². The highest BCUT2D eigenvalue weighted by molar-refractivity contribution is 7.13. The first-order chi connectivity index (χ1) is 20.0. The SMILES string of the molecule is C.C.C.C.CC(=O)NCc1ccccc1.CC(=O)Nc1c(C)cccc1C.CC(=O)Nc1ccccc1.CC(=O)Nc1nccs1. The zero-order valence-electron chi connectivity index (χ0n) is 24.9. The minimum absolute atomic E-state index is 0. The van der Waals surface area contributed by atoms with Crippen molar-refractivity contribution in [2.45, 2.75) is 77.8 Å². The summed E-state index contributed by atoms with van der Waals surface area (Å²) in [6, 6.07) is 25.1. The number of aryl methyl sites for hydroxylation is 2. The molecule has 0 aliphatic heterocycles. The van der Waals surface area contributed by atoms with Crippen LogP contribution >= 0.6 is 11.3 Å². The maximum absolute atomic E-state index is 10.8. The summed E-state index contributed by atoms with van der Waals surface area (Å²) in [6.07, 6.45) is 1.65. The number of nitrogens with one attached hydrogen (secondary N) is 4. The van der Waals surface area contributed by atoms with Crippen LogP contribution in [0, 0.1) is 13.8 Å². The number of aromatic nitrogens is 1. The third kappa shape index (κ3) is 23.6. The summed E-state index contributed by atoms with van der Waals surface area (Å²) in [4.78, 5) is 46.0. The number of hydrogen-bond donors (Lipinski definition) is 4. The van der Waals surface area contributed by atoms with Gasteiger partial charge in [-0.15, -0.1) is 11.3 Å². The molecule has 3 aromatic carbocycles. The molecule has 10 heteroatoms. The number of hydrogen-bond acceptors (Lipinski definition) is 6. The molecule has 0 radical (unpaired) electrons. The minimum Gasteiger partial charge on any atom is -0.352 e. The maximum Gasteiger partial charge on any atom is 0.223 e. The summed E-state index contributed by atoms with van der Waals surface area (Å²) in [7, 11) is 0. The summed E-state index contributed by atoms with van der Waals surface area (Å²) >= 11 is 1.41. The Hall–Kier alpha value is -4.83. The number of benzene rings is 3. The van der Waals surface area contributed by atoms with Crippen LogP contribution in [0.5, 0.6) is 0 Å². The molecule has 0 fully saturated rings. The Morgan fingerprint density at radius 1 is 0.609 bits per heavy atom. The Labute approximate surface area is 281 Å². The number of rotatable bonds is 5. The lowest BCUT2D eigenvalue weighted by molar-refractivity contribution is -0.119. The van der Waals surface area contributed by atoms with E-state index in [0.717, 1.165) is 28.1 Å². The normalized spacial score (nSPS) is 8.39. The van der Waals surface area contributed by atoms with Crippen molar-refractivity contribution in [3.63, 3.8) is 0 Å². The average molecular weight is 654 g/mol. The van der Waals surface area contributed by atoms with Gasteiger partial charge in [0.05, 0.1) is 0 Å². The highest BCUT2D eigenvalue weighted by Gasteiger charge is 2.02. The van der Waals surface area contributed by atoms with Gasteiger partial charge in [0.25, 0.3) is 0 Å². The van der Waals surface area contributed by atoms with Crippen molar-refractivity contribution in [3.05, 3.63) is 107 Å². The lowest BCUT2D eigenvalue weighted by Gasteiger charge is -2.08. The predicted molar refractivity (Wildman–Crippen MR) is 198 cm³/mol. The molecule has 0 saturated heterocycles. The quantitative estimate of drug-likeness (QED) is 0.171. The lowest BCUT2D eigenvalue weighted by atomic mass is 10.1. The van der Waals surface area contributed by atoms with Crippen LogP contribution in [-0.4, -0.2) is 28.6 Å². The number of anilines is 3. The van der Waals surface area contributed by atoms with E-state index in [1.807, 2.05) is 98.1 Å². The van der Waals surface area contributed by atoms with E-state index in [1.54, 1.807) is 6.20 Å². The zero-order valence-corrected chi connectivity index (χ0v) is 25.7. The third-order valence-electron chi connectivity index (χ3n) is 4.98. The summed E-state index contributed by atoms with van der Waals surface area (Å²) in [6.45, 7) is 10.6. The van der Waals surface area contributed by atoms with Gasteiger partial charge >= 0.3 is 0 Å². The van der Waals surface area contributed by atoms with Gasteiger partial charge in [-0.1, -0.05) is 96.4 Å². The lowest BCUT2D eigenvalue weighted by Crippen LogP contribution is -2.18. The van der Waals surface area contributed by atoms with E-state index in [9.17, 15) is 19.2 Å². The molecule has 0 aliphatic rings. The Kier molecular flexibility index (Phi) is 29.0. The molecule has 1 heterocycles. The largest absolute Gasteiger partial charge is 0.352 e. The first-order valence-corrected chi connectivity index (χ1v) is 14.0. The molecular formula is C36H55N5O4S. The second-order valence-corrected chi connectivity index (χ2v) is 9.80. The Morgan fingerprint density at radius 2 is 1.09 bits per heavy atom. The van der Waals surface area contributed by atoms with E-state index in [4.69, 9.17) is 0 Å². The molecule has 0 aliphatic carbocycles. The van der Waals surface area contributed by atoms with Gasteiger partial charge in [0.15, 0.2) is 5.13 Å². The van der Waals surface area contributed by atoms with Gasteiger partial charge in [-0.05, 0) is 42.7 Å². The molecule has 0 saturated carbocycles. The van der Waals surface area contributed by atoms with Crippen LogP contribution in [0.3, 0.4) is 0 Å². The van der Waals surface area contributed by atoms with E-state index >= 15 is 0 Å². The Bertz CT molecular complexity index is 1360. The van der Waals surface area contributed by atoms with Gasteiger partial charge in [-0.25, -0.2) is 4.98 Å². The van der Waals surface area contributed by atoms with E-state index in [-0.39, 0.29) is 53.3 Å². The van der Waals surface area contributed by atoms with Gasteiger partial charge in [0.2, 0.25) is 23.6 Å². The van der Waals surface area contributed by atoms with Crippen LogP contribution in [0.25, 0.3) is 0 Å². The number of para-hydroxylation sites is 2. The number of carbonyl (C=O) groups excluding carboxylic acids is 4. The molecule has 4 N–H and O–H groups in total. The molecule has 0 unspecified atom stereocenters. The molecule has 0 bridgehead atoms. The van der Waals surface area contributed by atoms with Crippen molar-refractivity contribution in [1.29, 1.82) is 0 Å². The van der Waals surface area contributed by atoms with Gasteiger partial charge in [0, 0.05) is 57.2 Å². The van der Waals surface area contributed by atoms with Crippen LogP contribution in [0.15, 0.2) is 90.4 Å². The molecule has 1 aromatic heterocycles. The number of nitrogens with zero attached hydrogens (tertiary/aromatic N) is 1. The second-order valence-electron chi connectivity index (χ2n) is 8.91. The van der Waals surface area contributed by atoms with Crippen LogP contribution in [-0.2, 0) is 25.7 Å². The van der Waals surface area contributed by atoms with Crippen LogP contribution in [0.1, 0.15) is 74.1 Å². The van der Waals surface area contributed by atoms with Crippen molar-refractivity contribution in [2.24, 2.45) is 0 Å². The van der Waals surface area contributed by atoms with Gasteiger partial charge in [0.1, 0.15) is 0 Å². The van der Waals surface area contributed by atoms with Gasteiger partial charge < -0.3 is 21.3 Å². The molecular weight excluding hydrogens is 598 g/mol. The standard InChI is InChI=1S/C10H13NO.C9H11NO.C8H9NO.C5H6N2OS.4CH4/c1-7-5-4-6-8(2)10(7)11-9(3)12;1-8(11)10-7-9-5-3-2-4-6-9;1-7(10)9-8-5-3-2-4-6-8;1-4(8)7-5-6-2-3-9-5;;;;/h4-6H,1-3H3,(H,11,12);2-6H,7H2,1H3,(H,10,11);2-6H,1H3,(H,9,10);2-3H,1H3,(H,6,7,8);4*1H4. The smallest absolute Gasteiger partial charge is 0.223 e. The van der Waals surface area contributed by atoms with E-state index in [2.05, 4.69) is 26.3 Å². The van der Waals surface area contributed by atoms with Crippen molar-refractivity contribution in [3.8, 4) is 0 Å². The minimum atomic E-state index is -0.0787. The van der Waals surface area contributed by atoms with Gasteiger partial charge in [-0.3, -0.25) is 19.2 Å². The van der Waals surface area contributed by atoms with Crippen LogP contribution in [0.4, 0.5) is 16.5 Å². The maximum atomic E-state index is 10.8. The molecule has 4 aromatic rings. The van der Waals surface area contributed by atoms with Crippen molar-refractivity contribution >= 4 is 51.5 Å². The predicted octanol–water partition coefficient (Wildman–Crippen LogP) is 8.88. The fraction of sp³-hybridized carbons (Fsp3) is 0.306. The van der Waals surface area contributed by atoms with E-state index in [0.29, 0.717) is 11.7 Å². The molecule has 46 heavy (non-hydrogen) atoms. The average Bonchev–Trinajstić information content (AvgIpc) is 3.44. The summed E-state index contributed by atoms with van der Waals surface area (Å²) in [5.74, 6) is -0.127. The molecule has 4 amide bonds. The summed E-state index contributed by atoms with van der Waals surface area (Å²) in [5.41, 5.74) is 5.11. The second kappa shape index (κ2) is 27.7. The summed E-state index contributed by atoms with van der Waals surface area (Å²) < 4.78 is 0. The van der Waals surface area contributed by atoms with Crippen molar-refractivity contribution in [1.82, 2.24) is 10.3 Å². The summed E-state index contributed by atoms with van der Waals surface area (Å²) in [5, 5.41) is 13.2. The first kappa shape index (κ1) is 48.1. The molecule has 9 nitrogen and oxygen atoms in total. The fourth-order valence-electron chi connectivity index (χ4n) is 3.17. The highest BCUT2D eigenvalue weighted by atomic mass is 32.1. The molecule has 0 spiro atoms. The van der Waals surface area contributed by atoms with Crippen molar-refractivity contribution < 1.29 is 19.2 Å². The topological polar surface area (TPSA) is 129 Å². The fourth-order valence-corrected chi connectivity index (χ4v) is 3.75. The highest BCUT2D eigenvalue weighted by Crippen LogP contribution is 2.18. The molecule has 254 valence electrons. The Balaban J connectivity index is -0.000000250. The third-order valence-corrected chi connectivity index (χ3v) is 5.66. The Morgan fingerprint density at radius 3 is 1.50 bits per heavy atom. The zero-order chi connectivity index (χ0) is 31.3. The molecule has 4 rings (SSSR count). The van der Waals surface area contributed by atoms with Crippen LogP contribution in [0.2, 0.25) is 0 Å². The number of carbonyl (C=O) groups is 4. The van der Waals surface area contributed by atoms with E-state index < -0.39 is 0 Å². The number of thiazole rings is 1. The van der Waals surface area contributed by atoms with Crippen molar-refractivity contribution in [2.75, 3.05) is 16.0 Å². The molecule has 0 atom stereocenters. The van der Waals surface area contributed by atoms with E-state index in [1.165, 1.54) is 39.0 Å². The van der Waals surface area contributed by atoms with Crippen LogP contribution < -0.4 is 21.3 Å². The monoisotopic (exact) mass is 653 g/mol. The number of amides is 4.